The summed E-state index contributed by atoms with van der Waals surface area (Å²) in [6.45, 7) is 1.20. The average molecular weight is 331 g/mol. The van der Waals surface area contributed by atoms with Crippen molar-refractivity contribution in [1.82, 2.24) is 5.32 Å². The SMILES string of the molecule is O=S(=O)(c1ccc(CO)cc1)[C@H]1CNC[C@@H](c2ccccc2)C1. The lowest BCUT2D eigenvalue weighted by atomic mass is 9.91. The Balaban J connectivity index is 1.81. The van der Waals surface area contributed by atoms with Crippen LogP contribution in [0.25, 0.3) is 0 Å². The quantitative estimate of drug-likeness (QED) is 0.900. The molecule has 1 aliphatic rings. The van der Waals surface area contributed by atoms with Crippen LogP contribution in [-0.4, -0.2) is 31.9 Å². The number of benzene rings is 2. The molecule has 0 aromatic heterocycles. The summed E-state index contributed by atoms with van der Waals surface area (Å²) in [6, 6.07) is 16.6. The Labute approximate surface area is 137 Å². The molecule has 0 radical (unpaired) electrons. The number of nitrogens with one attached hydrogen (secondary N) is 1. The summed E-state index contributed by atoms with van der Waals surface area (Å²) in [6.07, 6.45) is 0.626. The van der Waals surface area contributed by atoms with E-state index in [0.29, 0.717) is 23.4 Å². The summed E-state index contributed by atoms with van der Waals surface area (Å²) in [7, 11) is -3.37. The third-order valence-corrected chi connectivity index (χ3v) is 6.62. The van der Waals surface area contributed by atoms with E-state index < -0.39 is 15.1 Å². The van der Waals surface area contributed by atoms with Crippen molar-refractivity contribution in [3.05, 3.63) is 65.7 Å². The van der Waals surface area contributed by atoms with E-state index in [2.05, 4.69) is 17.4 Å². The fourth-order valence-corrected chi connectivity index (χ4v) is 4.82. The molecule has 2 atom stereocenters. The molecule has 4 nitrogen and oxygen atoms in total. The first-order chi connectivity index (χ1) is 11.1. The van der Waals surface area contributed by atoms with Gasteiger partial charge in [0.2, 0.25) is 0 Å². The van der Waals surface area contributed by atoms with Crippen LogP contribution >= 0.6 is 0 Å². The molecule has 2 N–H and O–H groups in total. The van der Waals surface area contributed by atoms with Crippen LogP contribution in [0.1, 0.15) is 23.5 Å². The van der Waals surface area contributed by atoms with E-state index in [1.807, 2.05) is 18.2 Å². The maximum Gasteiger partial charge on any atom is 0.182 e. The number of hydrogen-bond donors (Lipinski definition) is 2. The van der Waals surface area contributed by atoms with E-state index in [0.717, 1.165) is 6.54 Å². The van der Waals surface area contributed by atoms with Crippen molar-refractivity contribution in [3.63, 3.8) is 0 Å². The minimum atomic E-state index is -3.37. The van der Waals surface area contributed by atoms with Crippen molar-refractivity contribution >= 4 is 9.84 Å². The summed E-state index contributed by atoms with van der Waals surface area (Å²) in [5, 5.41) is 11.9. The topological polar surface area (TPSA) is 66.4 Å². The summed E-state index contributed by atoms with van der Waals surface area (Å²) < 4.78 is 25.7. The number of rotatable bonds is 4. The number of hydrogen-bond acceptors (Lipinski definition) is 4. The molecule has 23 heavy (non-hydrogen) atoms. The molecule has 0 bridgehead atoms. The van der Waals surface area contributed by atoms with Gasteiger partial charge in [-0.05, 0) is 35.6 Å². The first-order valence-electron chi connectivity index (χ1n) is 7.80. The van der Waals surface area contributed by atoms with Gasteiger partial charge in [0.15, 0.2) is 9.84 Å². The van der Waals surface area contributed by atoms with Gasteiger partial charge < -0.3 is 10.4 Å². The number of sulfone groups is 1. The van der Waals surface area contributed by atoms with E-state index in [1.54, 1.807) is 24.3 Å². The fraction of sp³-hybridized carbons (Fsp3) is 0.333. The highest BCUT2D eigenvalue weighted by Crippen LogP contribution is 2.29. The summed E-state index contributed by atoms with van der Waals surface area (Å²) in [5.74, 6) is 0.210. The van der Waals surface area contributed by atoms with Crippen LogP contribution in [-0.2, 0) is 16.4 Å². The zero-order valence-corrected chi connectivity index (χ0v) is 13.7. The van der Waals surface area contributed by atoms with Gasteiger partial charge in [0, 0.05) is 13.1 Å². The Morgan fingerprint density at radius 1 is 1.00 bits per heavy atom. The van der Waals surface area contributed by atoms with E-state index in [4.69, 9.17) is 5.11 Å². The molecule has 3 rings (SSSR count). The monoisotopic (exact) mass is 331 g/mol. The highest BCUT2D eigenvalue weighted by atomic mass is 32.2. The lowest BCUT2D eigenvalue weighted by molar-refractivity contribution is 0.282. The molecule has 1 heterocycles. The van der Waals surface area contributed by atoms with Crippen molar-refractivity contribution in [2.45, 2.75) is 29.1 Å². The van der Waals surface area contributed by atoms with Gasteiger partial charge >= 0.3 is 0 Å². The van der Waals surface area contributed by atoms with Crippen molar-refractivity contribution in [1.29, 1.82) is 0 Å². The van der Waals surface area contributed by atoms with Gasteiger partial charge in [0.05, 0.1) is 16.8 Å². The van der Waals surface area contributed by atoms with E-state index in [9.17, 15) is 8.42 Å². The van der Waals surface area contributed by atoms with Crippen molar-refractivity contribution < 1.29 is 13.5 Å². The normalized spacial score (nSPS) is 22.0. The van der Waals surface area contributed by atoms with Gasteiger partial charge in [-0.2, -0.15) is 0 Å². The molecule has 2 aromatic rings. The van der Waals surface area contributed by atoms with Gasteiger partial charge in [-0.3, -0.25) is 0 Å². The van der Waals surface area contributed by atoms with Gasteiger partial charge in [-0.15, -0.1) is 0 Å². The second kappa shape index (κ2) is 6.83. The van der Waals surface area contributed by atoms with Crippen LogP contribution in [0.5, 0.6) is 0 Å². The number of aliphatic hydroxyl groups excluding tert-OH is 1. The third-order valence-electron chi connectivity index (χ3n) is 4.45. The molecule has 0 saturated carbocycles. The molecule has 122 valence electrons. The Kier molecular flexibility index (Phi) is 4.80. The molecule has 0 aliphatic carbocycles. The van der Waals surface area contributed by atoms with Gasteiger partial charge in [-0.25, -0.2) is 8.42 Å². The Morgan fingerprint density at radius 3 is 2.35 bits per heavy atom. The standard InChI is InChI=1S/C18H21NO3S/c20-13-14-6-8-17(9-7-14)23(21,22)18-10-16(11-19-12-18)15-4-2-1-3-5-15/h1-9,16,18-20H,10-13H2/t16-,18+/m0/s1. The molecular weight excluding hydrogens is 310 g/mol. The van der Waals surface area contributed by atoms with Gasteiger partial charge in [0.25, 0.3) is 0 Å². The second-order valence-electron chi connectivity index (χ2n) is 5.97. The Bertz CT molecular complexity index is 742. The predicted molar refractivity (Wildman–Crippen MR) is 90.0 cm³/mol. The molecule has 0 spiro atoms. The largest absolute Gasteiger partial charge is 0.392 e. The molecule has 5 heteroatoms. The maximum absolute atomic E-state index is 12.9. The molecule has 0 unspecified atom stereocenters. The third kappa shape index (κ3) is 3.47. The maximum atomic E-state index is 12.9. The van der Waals surface area contributed by atoms with Crippen molar-refractivity contribution in [2.24, 2.45) is 0 Å². The Hall–Kier alpha value is -1.69. The van der Waals surface area contributed by atoms with Crippen molar-refractivity contribution in [3.8, 4) is 0 Å². The Morgan fingerprint density at radius 2 is 1.70 bits per heavy atom. The first-order valence-corrected chi connectivity index (χ1v) is 9.35. The molecule has 1 aliphatic heterocycles. The molecule has 0 amide bonds. The average Bonchev–Trinajstić information content (AvgIpc) is 2.62. The second-order valence-corrected chi connectivity index (χ2v) is 8.20. The first kappa shape index (κ1) is 16.2. The van der Waals surface area contributed by atoms with E-state index in [-0.39, 0.29) is 12.5 Å². The summed E-state index contributed by atoms with van der Waals surface area (Å²) in [4.78, 5) is 0.329. The van der Waals surface area contributed by atoms with Gasteiger partial charge in [0.1, 0.15) is 0 Å². The minimum Gasteiger partial charge on any atom is -0.392 e. The van der Waals surface area contributed by atoms with E-state index >= 15 is 0 Å². The predicted octanol–water partition coefficient (Wildman–Crippen LogP) is 2.10. The van der Waals surface area contributed by atoms with Crippen LogP contribution in [0.15, 0.2) is 59.5 Å². The minimum absolute atomic E-state index is 0.0820. The number of piperidine rings is 1. The van der Waals surface area contributed by atoms with Crippen molar-refractivity contribution in [2.75, 3.05) is 13.1 Å². The summed E-state index contributed by atoms with van der Waals surface area (Å²) >= 11 is 0. The van der Waals surface area contributed by atoms with Crippen LogP contribution in [0, 0.1) is 0 Å². The smallest absolute Gasteiger partial charge is 0.182 e. The fourth-order valence-electron chi connectivity index (χ4n) is 3.10. The van der Waals surface area contributed by atoms with Crippen LogP contribution in [0.4, 0.5) is 0 Å². The lowest BCUT2D eigenvalue weighted by Gasteiger charge is -2.30. The molecule has 1 saturated heterocycles. The highest BCUT2D eigenvalue weighted by molar-refractivity contribution is 7.92. The summed E-state index contributed by atoms with van der Waals surface area (Å²) in [5.41, 5.74) is 1.89. The van der Waals surface area contributed by atoms with Crippen LogP contribution < -0.4 is 5.32 Å². The highest BCUT2D eigenvalue weighted by Gasteiger charge is 2.33. The molecular formula is C18H21NO3S. The zero-order chi connectivity index (χ0) is 16.3. The lowest BCUT2D eigenvalue weighted by Crippen LogP contribution is -2.42. The van der Waals surface area contributed by atoms with Crippen LogP contribution in [0.2, 0.25) is 0 Å². The zero-order valence-electron chi connectivity index (χ0n) is 12.9. The molecule has 1 fully saturated rings. The van der Waals surface area contributed by atoms with Crippen LogP contribution in [0.3, 0.4) is 0 Å². The van der Waals surface area contributed by atoms with E-state index in [1.165, 1.54) is 5.56 Å². The number of aliphatic hydroxyl groups is 1. The van der Waals surface area contributed by atoms with Gasteiger partial charge in [-0.1, -0.05) is 42.5 Å². The molecule has 2 aromatic carbocycles.